The van der Waals surface area contributed by atoms with Crippen LogP contribution in [-0.4, -0.2) is 41.7 Å². The predicted octanol–water partition coefficient (Wildman–Crippen LogP) is 3.58. The predicted molar refractivity (Wildman–Crippen MR) is 114 cm³/mol. The van der Waals surface area contributed by atoms with Gasteiger partial charge in [-0.3, -0.25) is 14.9 Å². The Kier molecular flexibility index (Phi) is 5.26. The lowest BCUT2D eigenvalue weighted by Gasteiger charge is -2.29. The summed E-state index contributed by atoms with van der Waals surface area (Å²) < 4.78 is 24.2. The number of hydrogen-bond acceptors (Lipinski definition) is 5. The highest BCUT2D eigenvalue weighted by Gasteiger charge is 2.35. The standard InChI is InChI=1S/C22H20N2O5S/c25-22(17-8-10-19(11-9-17)24(26)27)23(20-12-13-30(28,29)15-20)14-18-6-3-5-16-4-1-2-7-21(16)18/h1-11,20H,12-15H2/t20-/m1/s1. The van der Waals surface area contributed by atoms with Crippen molar-refractivity contribution >= 4 is 32.2 Å². The Balaban J connectivity index is 1.71. The summed E-state index contributed by atoms with van der Waals surface area (Å²) in [5.41, 5.74) is 1.12. The van der Waals surface area contributed by atoms with Crippen molar-refractivity contribution in [3.8, 4) is 0 Å². The second-order valence-corrected chi connectivity index (χ2v) is 9.66. The summed E-state index contributed by atoms with van der Waals surface area (Å²) in [6.07, 6.45) is 0.381. The molecule has 0 aliphatic carbocycles. The Morgan fingerprint density at radius 3 is 2.40 bits per heavy atom. The third kappa shape index (κ3) is 4.04. The number of non-ortho nitro benzene ring substituents is 1. The third-order valence-electron chi connectivity index (χ3n) is 5.46. The van der Waals surface area contributed by atoms with Crippen molar-refractivity contribution in [1.82, 2.24) is 4.90 Å². The number of sulfone groups is 1. The Bertz CT molecular complexity index is 1220. The Labute approximate surface area is 174 Å². The van der Waals surface area contributed by atoms with Crippen LogP contribution in [-0.2, 0) is 16.4 Å². The number of carbonyl (C=O) groups excluding carboxylic acids is 1. The lowest BCUT2D eigenvalue weighted by molar-refractivity contribution is -0.384. The van der Waals surface area contributed by atoms with Gasteiger partial charge in [0.2, 0.25) is 0 Å². The molecule has 1 aliphatic rings. The highest BCUT2D eigenvalue weighted by Crippen LogP contribution is 2.26. The van der Waals surface area contributed by atoms with Crippen LogP contribution in [0.2, 0.25) is 0 Å². The van der Waals surface area contributed by atoms with Crippen LogP contribution in [0.3, 0.4) is 0 Å². The first-order valence-corrected chi connectivity index (χ1v) is 11.4. The maximum Gasteiger partial charge on any atom is 0.269 e. The van der Waals surface area contributed by atoms with Crippen molar-refractivity contribution in [2.75, 3.05) is 11.5 Å². The molecule has 0 aromatic heterocycles. The summed E-state index contributed by atoms with van der Waals surface area (Å²) in [6, 6.07) is 18.6. The SMILES string of the molecule is O=C(c1ccc([N+](=O)[O-])cc1)N(Cc1cccc2ccccc12)[C@@H]1CCS(=O)(=O)C1. The maximum absolute atomic E-state index is 13.3. The second kappa shape index (κ2) is 7.87. The van der Waals surface area contributed by atoms with Crippen LogP contribution >= 0.6 is 0 Å². The molecule has 1 aliphatic heterocycles. The summed E-state index contributed by atoms with van der Waals surface area (Å²) in [5.74, 6) is -0.354. The molecular weight excluding hydrogens is 404 g/mol. The molecule has 1 atom stereocenters. The van der Waals surface area contributed by atoms with Gasteiger partial charge >= 0.3 is 0 Å². The molecule has 0 bridgehead atoms. The van der Waals surface area contributed by atoms with Crippen molar-refractivity contribution < 1.29 is 18.1 Å². The zero-order valence-corrected chi connectivity index (χ0v) is 16.9. The van der Waals surface area contributed by atoms with E-state index in [9.17, 15) is 23.3 Å². The molecule has 0 spiro atoms. The topological polar surface area (TPSA) is 97.6 Å². The first kappa shape index (κ1) is 20.0. The van der Waals surface area contributed by atoms with E-state index in [2.05, 4.69) is 0 Å². The zero-order chi connectivity index (χ0) is 21.3. The van der Waals surface area contributed by atoms with E-state index < -0.39 is 20.8 Å². The van der Waals surface area contributed by atoms with Crippen molar-refractivity contribution in [1.29, 1.82) is 0 Å². The summed E-state index contributed by atoms with van der Waals surface area (Å²) in [5, 5.41) is 12.9. The molecule has 0 N–H and O–H groups in total. The van der Waals surface area contributed by atoms with Gasteiger partial charge in [0, 0.05) is 30.3 Å². The number of carbonyl (C=O) groups is 1. The van der Waals surface area contributed by atoms with E-state index in [0.717, 1.165) is 16.3 Å². The second-order valence-electron chi connectivity index (χ2n) is 7.43. The quantitative estimate of drug-likeness (QED) is 0.461. The number of fused-ring (bicyclic) bond motifs is 1. The number of rotatable bonds is 5. The van der Waals surface area contributed by atoms with Gasteiger partial charge in [0.05, 0.1) is 16.4 Å². The summed E-state index contributed by atoms with van der Waals surface area (Å²) in [6.45, 7) is 0.261. The van der Waals surface area contributed by atoms with Crippen LogP contribution in [0.5, 0.6) is 0 Å². The van der Waals surface area contributed by atoms with Gasteiger partial charge in [0.15, 0.2) is 9.84 Å². The lowest BCUT2D eigenvalue weighted by Crippen LogP contribution is -2.40. The van der Waals surface area contributed by atoms with Gasteiger partial charge in [-0.05, 0) is 34.9 Å². The van der Waals surface area contributed by atoms with Crippen LogP contribution < -0.4 is 0 Å². The number of nitrogens with zero attached hydrogens (tertiary/aromatic N) is 2. The van der Waals surface area contributed by atoms with E-state index >= 15 is 0 Å². The van der Waals surface area contributed by atoms with Crippen molar-refractivity contribution in [2.45, 2.75) is 19.0 Å². The molecule has 1 amide bonds. The van der Waals surface area contributed by atoms with Crippen LogP contribution in [0.4, 0.5) is 5.69 Å². The minimum Gasteiger partial charge on any atom is -0.330 e. The fourth-order valence-electron chi connectivity index (χ4n) is 3.89. The molecule has 8 heteroatoms. The number of nitro benzene ring substituents is 1. The van der Waals surface area contributed by atoms with Gasteiger partial charge in [-0.2, -0.15) is 0 Å². The maximum atomic E-state index is 13.3. The number of hydrogen-bond donors (Lipinski definition) is 0. The average Bonchev–Trinajstić information content (AvgIpc) is 3.11. The van der Waals surface area contributed by atoms with E-state index in [-0.39, 0.29) is 29.6 Å². The molecule has 1 fully saturated rings. The Hall–Kier alpha value is -3.26. The van der Waals surface area contributed by atoms with Gasteiger partial charge in [0.1, 0.15) is 0 Å². The minimum absolute atomic E-state index is 0.0528. The van der Waals surface area contributed by atoms with Crippen LogP contribution in [0, 0.1) is 10.1 Å². The van der Waals surface area contributed by atoms with E-state index in [0.29, 0.717) is 12.0 Å². The van der Waals surface area contributed by atoms with Gasteiger partial charge in [-0.1, -0.05) is 42.5 Å². The monoisotopic (exact) mass is 424 g/mol. The number of nitro groups is 1. The van der Waals surface area contributed by atoms with Gasteiger partial charge < -0.3 is 4.90 Å². The average molecular weight is 424 g/mol. The fraction of sp³-hybridized carbons (Fsp3) is 0.227. The van der Waals surface area contributed by atoms with E-state index in [1.165, 1.54) is 24.3 Å². The molecule has 154 valence electrons. The largest absolute Gasteiger partial charge is 0.330 e. The van der Waals surface area contributed by atoms with Gasteiger partial charge in [-0.15, -0.1) is 0 Å². The molecule has 3 aromatic carbocycles. The molecule has 0 unspecified atom stereocenters. The Morgan fingerprint density at radius 1 is 1.03 bits per heavy atom. The highest BCUT2D eigenvalue weighted by atomic mass is 32.2. The van der Waals surface area contributed by atoms with E-state index in [1.807, 2.05) is 42.5 Å². The molecule has 0 saturated carbocycles. The van der Waals surface area contributed by atoms with Crippen molar-refractivity contribution in [3.05, 3.63) is 88.0 Å². The smallest absolute Gasteiger partial charge is 0.269 e. The zero-order valence-electron chi connectivity index (χ0n) is 16.1. The summed E-state index contributed by atoms with van der Waals surface area (Å²) in [7, 11) is -3.19. The Morgan fingerprint density at radius 2 is 1.73 bits per heavy atom. The molecule has 3 aromatic rings. The molecule has 1 heterocycles. The molecule has 0 radical (unpaired) electrons. The molecule has 30 heavy (non-hydrogen) atoms. The van der Waals surface area contributed by atoms with Gasteiger partial charge in [-0.25, -0.2) is 8.42 Å². The van der Waals surface area contributed by atoms with Crippen molar-refractivity contribution in [3.63, 3.8) is 0 Å². The van der Waals surface area contributed by atoms with Crippen LogP contribution in [0.1, 0.15) is 22.3 Å². The minimum atomic E-state index is -3.19. The van der Waals surface area contributed by atoms with Crippen LogP contribution in [0.15, 0.2) is 66.7 Å². The highest BCUT2D eigenvalue weighted by molar-refractivity contribution is 7.91. The first-order chi connectivity index (χ1) is 14.3. The van der Waals surface area contributed by atoms with Crippen LogP contribution in [0.25, 0.3) is 10.8 Å². The summed E-state index contributed by atoms with van der Waals surface area (Å²) in [4.78, 5) is 25.3. The third-order valence-corrected chi connectivity index (χ3v) is 7.21. The fourth-order valence-corrected chi connectivity index (χ4v) is 5.62. The van der Waals surface area contributed by atoms with E-state index in [4.69, 9.17) is 0 Å². The van der Waals surface area contributed by atoms with Gasteiger partial charge in [0.25, 0.3) is 11.6 Å². The molecule has 4 rings (SSSR count). The molecule has 7 nitrogen and oxygen atoms in total. The van der Waals surface area contributed by atoms with Crippen molar-refractivity contribution in [2.24, 2.45) is 0 Å². The number of benzene rings is 3. The van der Waals surface area contributed by atoms with E-state index in [1.54, 1.807) is 4.90 Å². The number of amides is 1. The molecule has 1 saturated heterocycles. The summed E-state index contributed by atoms with van der Waals surface area (Å²) >= 11 is 0. The normalized spacial score (nSPS) is 17.7. The molecular formula is C22H20N2O5S. The lowest BCUT2D eigenvalue weighted by atomic mass is 10.0. The first-order valence-electron chi connectivity index (χ1n) is 9.56.